The highest BCUT2D eigenvalue weighted by molar-refractivity contribution is 5.78. The fraction of sp³-hybridized carbons (Fsp3) is 0.846. The first-order valence-corrected chi connectivity index (χ1v) is 6.28. The van der Waals surface area contributed by atoms with Crippen molar-refractivity contribution < 1.29 is 19.8 Å². The van der Waals surface area contributed by atoms with Crippen LogP contribution in [0.5, 0.6) is 0 Å². The van der Waals surface area contributed by atoms with Crippen LogP contribution >= 0.6 is 0 Å². The van der Waals surface area contributed by atoms with E-state index in [4.69, 9.17) is 5.11 Å². The van der Waals surface area contributed by atoms with E-state index in [1.54, 1.807) is 0 Å². The van der Waals surface area contributed by atoms with Gasteiger partial charge in [0.15, 0.2) is 0 Å². The monoisotopic (exact) mass is 240 g/mol. The Morgan fingerprint density at radius 3 is 2.35 bits per heavy atom. The zero-order valence-corrected chi connectivity index (χ0v) is 10.3. The Kier molecular flexibility index (Phi) is 2.92. The lowest BCUT2D eigenvalue weighted by Crippen LogP contribution is -2.55. The van der Waals surface area contributed by atoms with Crippen LogP contribution in [0.3, 0.4) is 0 Å². The Hall–Kier alpha value is -1.06. The SMILES string of the molecule is CC1(C)C2CCC(C(CC(=O)O)C(=O)O)C1C2. The Labute approximate surface area is 101 Å². The molecule has 4 atom stereocenters. The summed E-state index contributed by atoms with van der Waals surface area (Å²) in [6.07, 6.45) is 2.78. The van der Waals surface area contributed by atoms with Crippen molar-refractivity contribution >= 4 is 11.9 Å². The highest BCUT2D eigenvalue weighted by Crippen LogP contribution is 2.63. The van der Waals surface area contributed by atoms with Crippen LogP contribution in [0.1, 0.15) is 39.5 Å². The molecule has 0 saturated heterocycles. The predicted molar refractivity (Wildman–Crippen MR) is 61.5 cm³/mol. The number of carboxylic acids is 2. The van der Waals surface area contributed by atoms with Gasteiger partial charge in [0.25, 0.3) is 0 Å². The van der Waals surface area contributed by atoms with E-state index in [2.05, 4.69) is 13.8 Å². The number of fused-ring (bicyclic) bond motifs is 2. The van der Waals surface area contributed by atoms with E-state index in [1.807, 2.05) is 0 Å². The number of hydrogen-bond donors (Lipinski definition) is 2. The summed E-state index contributed by atoms with van der Waals surface area (Å²) in [6.45, 7) is 4.38. The van der Waals surface area contributed by atoms with Gasteiger partial charge in [0.2, 0.25) is 0 Å². The highest BCUT2D eigenvalue weighted by atomic mass is 16.4. The molecule has 17 heavy (non-hydrogen) atoms. The molecule has 3 saturated carbocycles. The lowest BCUT2D eigenvalue weighted by atomic mass is 9.44. The quantitative estimate of drug-likeness (QED) is 0.790. The molecule has 4 unspecified atom stereocenters. The van der Waals surface area contributed by atoms with Gasteiger partial charge in [0.05, 0.1) is 12.3 Å². The van der Waals surface area contributed by atoms with Crippen molar-refractivity contribution in [3.63, 3.8) is 0 Å². The molecule has 0 spiro atoms. The smallest absolute Gasteiger partial charge is 0.307 e. The zero-order chi connectivity index (χ0) is 12.8. The zero-order valence-electron chi connectivity index (χ0n) is 10.3. The highest BCUT2D eigenvalue weighted by Gasteiger charge is 2.56. The van der Waals surface area contributed by atoms with Crippen LogP contribution < -0.4 is 0 Å². The molecule has 3 rings (SSSR count). The van der Waals surface area contributed by atoms with Crippen molar-refractivity contribution in [3.8, 4) is 0 Å². The second kappa shape index (κ2) is 4.00. The lowest BCUT2D eigenvalue weighted by molar-refractivity contribution is -0.163. The topological polar surface area (TPSA) is 74.6 Å². The fourth-order valence-corrected chi connectivity index (χ4v) is 3.96. The summed E-state index contributed by atoms with van der Waals surface area (Å²) in [5.74, 6) is -1.51. The predicted octanol–water partition coefficient (Wildman–Crippen LogP) is 2.23. The van der Waals surface area contributed by atoms with Crippen molar-refractivity contribution in [1.29, 1.82) is 0 Å². The van der Waals surface area contributed by atoms with Gasteiger partial charge in [-0.2, -0.15) is 0 Å². The maximum Gasteiger partial charge on any atom is 0.307 e. The molecule has 0 aromatic heterocycles. The minimum Gasteiger partial charge on any atom is -0.481 e. The van der Waals surface area contributed by atoms with Crippen molar-refractivity contribution in [3.05, 3.63) is 0 Å². The molecule has 3 fully saturated rings. The molecule has 4 nitrogen and oxygen atoms in total. The largest absolute Gasteiger partial charge is 0.481 e. The molecule has 0 aromatic rings. The van der Waals surface area contributed by atoms with Crippen molar-refractivity contribution in [2.24, 2.45) is 29.1 Å². The Balaban J connectivity index is 2.14. The average Bonchev–Trinajstić information content (AvgIpc) is 2.25. The Morgan fingerprint density at radius 1 is 1.29 bits per heavy atom. The van der Waals surface area contributed by atoms with E-state index in [-0.39, 0.29) is 17.8 Å². The Morgan fingerprint density at radius 2 is 1.94 bits per heavy atom. The summed E-state index contributed by atoms with van der Waals surface area (Å²) in [7, 11) is 0. The van der Waals surface area contributed by atoms with Gasteiger partial charge < -0.3 is 10.2 Å². The number of rotatable bonds is 4. The Bertz CT molecular complexity index is 345. The lowest BCUT2D eigenvalue weighted by Gasteiger charge is -2.61. The van der Waals surface area contributed by atoms with Gasteiger partial charge in [0, 0.05) is 0 Å². The molecule has 96 valence electrons. The molecule has 0 aliphatic heterocycles. The van der Waals surface area contributed by atoms with Crippen LogP contribution in [0.25, 0.3) is 0 Å². The third-order valence-corrected chi connectivity index (χ3v) is 5.14. The first kappa shape index (κ1) is 12.4. The van der Waals surface area contributed by atoms with Crippen LogP contribution in [0.4, 0.5) is 0 Å². The van der Waals surface area contributed by atoms with Crippen molar-refractivity contribution in [1.82, 2.24) is 0 Å². The summed E-state index contributed by atoms with van der Waals surface area (Å²) in [6, 6.07) is 0. The molecular weight excluding hydrogens is 220 g/mol. The molecular formula is C13H20O4. The summed E-state index contributed by atoms with van der Waals surface area (Å²) < 4.78 is 0. The van der Waals surface area contributed by atoms with Gasteiger partial charge in [-0.15, -0.1) is 0 Å². The molecule has 4 heteroatoms. The number of carbonyl (C=O) groups is 2. The maximum atomic E-state index is 11.2. The van der Waals surface area contributed by atoms with E-state index >= 15 is 0 Å². The average molecular weight is 240 g/mol. The normalized spacial score (nSPS) is 35.8. The first-order chi connectivity index (χ1) is 7.84. The van der Waals surface area contributed by atoms with E-state index < -0.39 is 17.9 Å². The van der Waals surface area contributed by atoms with E-state index in [0.29, 0.717) is 11.8 Å². The molecule has 0 amide bonds. The van der Waals surface area contributed by atoms with Crippen LogP contribution in [0, 0.1) is 29.1 Å². The van der Waals surface area contributed by atoms with Gasteiger partial charge in [0.1, 0.15) is 0 Å². The van der Waals surface area contributed by atoms with Gasteiger partial charge in [-0.1, -0.05) is 13.8 Å². The van der Waals surface area contributed by atoms with Gasteiger partial charge >= 0.3 is 11.9 Å². The molecule has 2 N–H and O–H groups in total. The summed E-state index contributed by atoms with van der Waals surface area (Å²) in [5.41, 5.74) is 0.203. The van der Waals surface area contributed by atoms with Gasteiger partial charge in [-0.05, 0) is 42.4 Å². The number of aliphatic carboxylic acids is 2. The van der Waals surface area contributed by atoms with Crippen LogP contribution in [-0.4, -0.2) is 22.2 Å². The third-order valence-electron chi connectivity index (χ3n) is 5.14. The van der Waals surface area contributed by atoms with E-state index in [1.165, 1.54) is 0 Å². The van der Waals surface area contributed by atoms with Crippen LogP contribution in [-0.2, 0) is 9.59 Å². The van der Waals surface area contributed by atoms with Crippen molar-refractivity contribution in [2.75, 3.05) is 0 Å². The molecule has 0 radical (unpaired) electrons. The van der Waals surface area contributed by atoms with Gasteiger partial charge in [-0.3, -0.25) is 9.59 Å². The second-order valence-corrected chi connectivity index (χ2v) is 6.14. The fourth-order valence-electron chi connectivity index (χ4n) is 3.96. The number of carboxylic acid groups (broad SMARTS) is 2. The molecule has 3 aliphatic carbocycles. The third kappa shape index (κ3) is 1.94. The summed E-state index contributed by atoms with van der Waals surface area (Å²) >= 11 is 0. The second-order valence-electron chi connectivity index (χ2n) is 6.14. The molecule has 3 aliphatic rings. The van der Waals surface area contributed by atoms with E-state index in [0.717, 1.165) is 19.3 Å². The maximum absolute atomic E-state index is 11.2. The van der Waals surface area contributed by atoms with Crippen LogP contribution in [0.2, 0.25) is 0 Å². The minimum absolute atomic E-state index is 0.0450. The number of hydrogen-bond acceptors (Lipinski definition) is 2. The molecule has 0 aromatic carbocycles. The van der Waals surface area contributed by atoms with Crippen LogP contribution in [0.15, 0.2) is 0 Å². The standard InChI is InChI=1S/C13H20O4/c1-13(2)7-3-4-8(10(13)5-7)9(12(16)17)6-11(14)15/h7-10H,3-6H2,1-2H3,(H,14,15)(H,16,17). The molecule has 0 heterocycles. The van der Waals surface area contributed by atoms with E-state index in [9.17, 15) is 14.7 Å². The minimum atomic E-state index is -1.00. The first-order valence-electron chi connectivity index (χ1n) is 6.28. The summed E-state index contributed by atoms with van der Waals surface area (Å²) in [4.78, 5) is 22.0. The summed E-state index contributed by atoms with van der Waals surface area (Å²) in [5, 5.41) is 18.0. The van der Waals surface area contributed by atoms with Crippen molar-refractivity contribution in [2.45, 2.75) is 39.5 Å². The molecule has 2 bridgehead atoms. The van der Waals surface area contributed by atoms with Gasteiger partial charge in [-0.25, -0.2) is 0 Å².